The zero-order valence-electron chi connectivity index (χ0n) is 21.8. The molecule has 6 rings (SSSR count). The van der Waals surface area contributed by atoms with Gasteiger partial charge in [0.1, 0.15) is 5.69 Å². The number of anilines is 1. The van der Waals surface area contributed by atoms with Crippen LogP contribution in [0.1, 0.15) is 38.8 Å². The van der Waals surface area contributed by atoms with E-state index in [1.165, 1.54) is 22.4 Å². The molecule has 0 bridgehead atoms. The maximum absolute atomic E-state index is 13.6. The number of nitrogens with zero attached hydrogens (tertiary/aromatic N) is 2. The third-order valence-corrected chi connectivity index (χ3v) is 7.65. The molecule has 38 heavy (non-hydrogen) atoms. The van der Waals surface area contributed by atoms with Crippen molar-refractivity contribution in [2.75, 3.05) is 31.2 Å². The summed E-state index contributed by atoms with van der Waals surface area (Å²) in [5.74, 6) is -0.175. The highest BCUT2D eigenvalue weighted by Gasteiger charge is 2.21. The maximum Gasteiger partial charge on any atom is 0.270 e. The van der Waals surface area contributed by atoms with Gasteiger partial charge in [-0.15, -0.1) is 0 Å². The summed E-state index contributed by atoms with van der Waals surface area (Å²) in [5.41, 5.74) is 8.35. The van der Waals surface area contributed by atoms with Crippen molar-refractivity contribution in [1.82, 2.24) is 15.3 Å². The smallest absolute Gasteiger partial charge is 0.270 e. The van der Waals surface area contributed by atoms with Gasteiger partial charge in [-0.1, -0.05) is 48.5 Å². The molecule has 1 aliphatic rings. The van der Waals surface area contributed by atoms with E-state index < -0.39 is 0 Å². The summed E-state index contributed by atoms with van der Waals surface area (Å²) in [5, 5.41) is 5.40. The van der Waals surface area contributed by atoms with Crippen molar-refractivity contribution < 1.29 is 9.53 Å². The number of carbonyl (C=O) groups excluding carboxylic acids is 1. The molecule has 6 nitrogen and oxygen atoms in total. The first kappa shape index (κ1) is 24.2. The normalized spacial score (nSPS) is 14.6. The first-order chi connectivity index (χ1) is 18.6. The van der Waals surface area contributed by atoms with Crippen LogP contribution < -0.4 is 10.2 Å². The van der Waals surface area contributed by atoms with Crippen LogP contribution in [0.5, 0.6) is 0 Å². The van der Waals surface area contributed by atoms with E-state index in [9.17, 15) is 4.79 Å². The number of nitrogens with one attached hydrogen (secondary N) is 2. The van der Waals surface area contributed by atoms with Crippen LogP contribution in [0, 0.1) is 13.8 Å². The number of para-hydroxylation sites is 1. The molecule has 1 aliphatic heterocycles. The number of amides is 1. The molecule has 3 heterocycles. The molecule has 2 aromatic heterocycles. The molecule has 0 radical (unpaired) electrons. The van der Waals surface area contributed by atoms with Gasteiger partial charge in [0.15, 0.2) is 0 Å². The fourth-order valence-electron chi connectivity index (χ4n) is 5.47. The highest BCUT2D eigenvalue weighted by atomic mass is 16.5. The van der Waals surface area contributed by atoms with Crippen molar-refractivity contribution in [2.45, 2.75) is 26.3 Å². The lowest BCUT2D eigenvalue weighted by atomic mass is 9.92. The van der Waals surface area contributed by atoms with Gasteiger partial charge in [0.2, 0.25) is 0 Å². The quantitative estimate of drug-likeness (QED) is 0.303. The molecule has 1 unspecified atom stereocenters. The summed E-state index contributed by atoms with van der Waals surface area (Å²) in [6, 6.07) is 24.7. The third kappa shape index (κ3) is 4.75. The Bertz CT molecular complexity index is 1580. The molecule has 1 saturated heterocycles. The number of morpholine rings is 1. The van der Waals surface area contributed by atoms with Crippen LogP contribution in [0.15, 0.2) is 79.0 Å². The highest BCUT2D eigenvalue weighted by molar-refractivity contribution is 6.09. The first-order valence-electron chi connectivity index (χ1n) is 13.2. The van der Waals surface area contributed by atoms with Gasteiger partial charge in [-0.2, -0.15) is 0 Å². The Hall–Kier alpha value is -4.16. The van der Waals surface area contributed by atoms with E-state index in [-0.39, 0.29) is 11.9 Å². The predicted molar refractivity (Wildman–Crippen MR) is 153 cm³/mol. The van der Waals surface area contributed by atoms with Crippen molar-refractivity contribution in [1.29, 1.82) is 0 Å². The summed E-state index contributed by atoms with van der Waals surface area (Å²) in [6.45, 7) is 7.56. The van der Waals surface area contributed by atoms with Crippen LogP contribution in [0.25, 0.3) is 21.8 Å². The van der Waals surface area contributed by atoms with Crippen LogP contribution in [0.3, 0.4) is 0 Å². The molecule has 192 valence electrons. The Balaban J connectivity index is 1.32. The number of benzene rings is 3. The van der Waals surface area contributed by atoms with E-state index in [1.54, 1.807) is 6.20 Å². The number of aromatic amines is 1. The topological polar surface area (TPSA) is 70.2 Å². The Morgan fingerprint density at radius 1 is 0.947 bits per heavy atom. The molecule has 1 amide bonds. The number of pyridine rings is 1. The molecule has 2 N–H and O–H groups in total. The van der Waals surface area contributed by atoms with E-state index >= 15 is 0 Å². The van der Waals surface area contributed by atoms with Crippen molar-refractivity contribution in [3.8, 4) is 0 Å². The minimum Gasteiger partial charge on any atom is -0.378 e. The van der Waals surface area contributed by atoms with Gasteiger partial charge < -0.3 is 19.9 Å². The summed E-state index contributed by atoms with van der Waals surface area (Å²) in [6.07, 6.45) is 2.46. The lowest BCUT2D eigenvalue weighted by molar-refractivity contribution is 0.0931. The average Bonchev–Trinajstić information content (AvgIpc) is 3.33. The van der Waals surface area contributed by atoms with Crippen molar-refractivity contribution >= 4 is 33.4 Å². The second-order valence-corrected chi connectivity index (χ2v) is 10.1. The molecule has 5 aromatic rings. The van der Waals surface area contributed by atoms with Crippen molar-refractivity contribution in [3.05, 3.63) is 107 Å². The largest absolute Gasteiger partial charge is 0.378 e. The van der Waals surface area contributed by atoms with Crippen LogP contribution >= 0.6 is 0 Å². The Labute approximate surface area is 222 Å². The average molecular weight is 505 g/mol. The number of hydrogen-bond donors (Lipinski definition) is 2. The number of rotatable bonds is 6. The number of carbonyl (C=O) groups is 1. The minimum atomic E-state index is -0.193. The van der Waals surface area contributed by atoms with Gasteiger partial charge in [0.25, 0.3) is 5.91 Å². The number of fused-ring (bicyclic) bond motifs is 3. The molecule has 1 atom stereocenters. The zero-order valence-corrected chi connectivity index (χ0v) is 21.8. The number of hydrogen-bond acceptors (Lipinski definition) is 4. The zero-order chi connectivity index (χ0) is 26.1. The number of aryl methyl sites for hydroxylation is 2. The van der Waals surface area contributed by atoms with E-state index in [1.807, 2.05) is 24.3 Å². The summed E-state index contributed by atoms with van der Waals surface area (Å²) in [7, 11) is 0. The fraction of sp³-hybridized carbons (Fsp3) is 0.250. The summed E-state index contributed by atoms with van der Waals surface area (Å²) < 4.78 is 5.51. The molecule has 0 saturated carbocycles. The Kier molecular flexibility index (Phi) is 6.56. The van der Waals surface area contributed by atoms with Gasteiger partial charge >= 0.3 is 0 Å². The predicted octanol–water partition coefficient (Wildman–Crippen LogP) is 5.88. The van der Waals surface area contributed by atoms with Crippen molar-refractivity contribution in [2.24, 2.45) is 0 Å². The maximum atomic E-state index is 13.6. The Morgan fingerprint density at radius 3 is 2.45 bits per heavy atom. The van der Waals surface area contributed by atoms with Crippen molar-refractivity contribution in [3.63, 3.8) is 0 Å². The molecule has 6 heteroatoms. The SMILES string of the molecule is Cc1cccc(C)c1CC(NC(=O)c1cc2c(cn1)[nH]c1ccccc12)c1ccc(N2CCOCC2)cc1. The molecule has 0 aliphatic carbocycles. The standard InChI is InChI=1S/C32H32N4O2/c1-21-6-5-7-22(2)26(21)18-29(23-10-12-24(13-11-23)36-14-16-38-17-15-36)35-32(37)30-19-27-25-8-3-4-9-28(25)34-31(27)20-33-30/h3-13,19-20,29,34H,14-18H2,1-2H3,(H,35,37). The van der Waals surface area contributed by atoms with E-state index in [2.05, 4.69) is 82.6 Å². The van der Waals surface area contributed by atoms with Gasteiger partial charge in [0, 0.05) is 35.1 Å². The van der Waals surface area contributed by atoms with Gasteiger partial charge in [-0.25, -0.2) is 4.98 Å². The molecule has 1 fully saturated rings. The highest BCUT2D eigenvalue weighted by Crippen LogP contribution is 2.28. The van der Waals surface area contributed by atoms with Gasteiger partial charge in [-0.3, -0.25) is 4.79 Å². The molecular formula is C32H32N4O2. The number of ether oxygens (including phenoxy) is 1. The molecular weight excluding hydrogens is 472 g/mol. The molecule has 3 aromatic carbocycles. The second kappa shape index (κ2) is 10.3. The third-order valence-electron chi connectivity index (χ3n) is 7.65. The van der Waals surface area contributed by atoms with E-state index in [0.717, 1.165) is 53.7 Å². The minimum absolute atomic E-state index is 0.175. The molecule has 0 spiro atoms. The van der Waals surface area contributed by atoms with Crippen LogP contribution in [0.2, 0.25) is 0 Å². The summed E-state index contributed by atoms with van der Waals surface area (Å²) in [4.78, 5) is 23.8. The van der Waals surface area contributed by atoms with E-state index in [4.69, 9.17) is 4.74 Å². The first-order valence-corrected chi connectivity index (χ1v) is 13.2. The van der Waals surface area contributed by atoms with Gasteiger partial charge in [-0.05, 0) is 66.8 Å². The van der Waals surface area contributed by atoms with Crippen LogP contribution in [0.4, 0.5) is 5.69 Å². The number of aromatic nitrogens is 2. The van der Waals surface area contributed by atoms with Gasteiger partial charge in [0.05, 0.1) is 31.0 Å². The second-order valence-electron chi connectivity index (χ2n) is 10.1. The lowest BCUT2D eigenvalue weighted by Gasteiger charge is -2.29. The number of H-pyrrole nitrogens is 1. The van der Waals surface area contributed by atoms with E-state index in [0.29, 0.717) is 12.1 Å². The Morgan fingerprint density at radius 2 is 1.68 bits per heavy atom. The van der Waals surface area contributed by atoms with Crippen LogP contribution in [-0.4, -0.2) is 42.2 Å². The fourth-order valence-corrected chi connectivity index (χ4v) is 5.47. The van der Waals surface area contributed by atoms with Crippen LogP contribution in [-0.2, 0) is 11.2 Å². The summed E-state index contributed by atoms with van der Waals surface area (Å²) >= 11 is 0. The lowest BCUT2D eigenvalue weighted by Crippen LogP contribution is -2.36. The monoisotopic (exact) mass is 504 g/mol.